The zero-order valence-corrected chi connectivity index (χ0v) is 19.2. The van der Waals surface area contributed by atoms with Gasteiger partial charge in [-0.2, -0.15) is 0 Å². The molecule has 164 valence electrons. The maximum Gasteiger partial charge on any atom is 0.326 e. The fourth-order valence-corrected chi connectivity index (χ4v) is 3.69. The van der Waals surface area contributed by atoms with Gasteiger partial charge in [-0.05, 0) is 62.8 Å². The van der Waals surface area contributed by atoms with Crippen molar-refractivity contribution in [3.05, 3.63) is 64.7 Å². The molecule has 1 aliphatic rings. The lowest BCUT2D eigenvalue weighted by molar-refractivity contribution is -0.155. The van der Waals surface area contributed by atoms with Crippen molar-refractivity contribution in [2.24, 2.45) is 0 Å². The number of benzene rings is 2. The van der Waals surface area contributed by atoms with Crippen LogP contribution in [0.4, 0.5) is 0 Å². The molecule has 0 saturated carbocycles. The van der Waals surface area contributed by atoms with Gasteiger partial charge >= 0.3 is 5.97 Å². The molecule has 31 heavy (non-hydrogen) atoms. The quantitative estimate of drug-likeness (QED) is 0.412. The summed E-state index contributed by atoms with van der Waals surface area (Å²) in [5.74, 6) is 0.140. The highest BCUT2D eigenvalue weighted by Crippen LogP contribution is 2.25. The average Bonchev–Trinajstić information content (AvgIpc) is 2.72. The van der Waals surface area contributed by atoms with Gasteiger partial charge in [0.25, 0.3) is 5.91 Å². The molecule has 0 unspecified atom stereocenters. The number of rotatable bonds is 6. The van der Waals surface area contributed by atoms with Crippen molar-refractivity contribution in [1.29, 1.82) is 5.41 Å². The van der Waals surface area contributed by atoms with Gasteiger partial charge in [0, 0.05) is 17.7 Å². The minimum atomic E-state index is -0.572. The van der Waals surface area contributed by atoms with Crippen LogP contribution in [-0.2, 0) is 22.6 Å². The van der Waals surface area contributed by atoms with Crippen LogP contribution in [0.15, 0.2) is 42.5 Å². The molecule has 0 bridgehead atoms. The molecule has 1 aliphatic heterocycles. The van der Waals surface area contributed by atoms with Gasteiger partial charge in [0.15, 0.2) is 0 Å². The highest BCUT2D eigenvalue weighted by Gasteiger charge is 2.28. The summed E-state index contributed by atoms with van der Waals surface area (Å²) in [4.78, 5) is 26.4. The van der Waals surface area contributed by atoms with Crippen LogP contribution in [0.2, 0.25) is 0 Å². The normalized spacial score (nSPS) is 13.5. The van der Waals surface area contributed by atoms with E-state index in [1.165, 1.54) is 16.7 Å². The van der Waals surface area contributed by atoms with E-state index in [4.69, 9.17) is 14.9 Å². The molecule has 1 N–H and O–H groups in total. The lowest BCUT2D eigenvalue weighted by Gasteiger charge is -2.29. The van der Waals surface area contributed by atoms with Crippen LogP contribution in [0.25, 0.3) is 0 Å². The van der Waals surface area contributed by atoms with E-state index in [-0.39, 0.29) is 12.5 Å². The standard InChI is InChI=1S/C24H28N2O4S/c1-24(2,3)30-21(27)14-26-12-11-18-13-19(9-10-20(18)23(26)28)29-15-16-5-7-17(8-6-16)22(25)31-4/h5-10,13,25H,11-12,14-15H2,1-4H3. The van der Waals surface area contributed by atoms with Gasteiger partial charge in [-0.3, -0.25) is 15.0 Å². The van der Waals surface area contributed by atoms with E-state index in [1.54, 1.807) is 12.1 Å². The first-order chi connectivity index (χ1) is 14.7. The fraction of sp³-hybridized carbons (Fsp3) is 0.375. The summed E-state index contributed by atoms with van der Waals surface area (Å²) in [6, 6.07) is 13.2. The van der Waals surface area contributed by atoms with E-state index in [0.717, 1.165) is 16.7 Å². The Kier molecular flexibility index (Phi) is 7.05. The number of nitrogens with zero attached hydrogens (tertiary/aromatic N) is 1. The lowest BCUT2D eigenvalue weighted by atomic mass is 9.98. The van der Waals surface area contributed by atoms with Gasteiger partial charge in [-0.1, -0.05) is 24.3 Å². The van der Waals surface area contributed by atoms with E-state index < -0.39 is 11.6 Å². The van der Waals surface area contributed by atoms with Crippen molar-refractivity contribution in [1.82, 2.24) is 4.90 Å². The summed E-state index contributed by atoms with van der Waals surface area (Å²) in [6.07, 6.45) is 2.55. The molecule has 0 aliphatic carbocycles. The molecular weight excluding hydrogens is 412 g/mol. The molecule has 1 amide bonds. The van der Waals surface area contributed by atoms with Gasteiger partial charge in [0.05, 0.1) is 5.04 Å². The highest BCUT2D eigenvalue weighted by atomic mass is 32.2. The van der Waals surface area contributed by atoms with E-state index in [9.17, 15) is 9.59 Å². The number of amides is 1. The van der Waals surface area contributed by atoms with Crippen molar-refractivity contribution in [3.8, 4) is 5.75 Å². The Bertz CT molecular complexity index is 980. The maximum atomic E-state index is 12.8. The Morgan fingerprint density at radius 2 is 1.87 bits per heavy atom. The van der Waals surface area contributed by atoms with Crippen LogP contribution in [0, 0.1) is 5.41 Å². The Morgan fingerprint density at radius 1 is 1.16 bits per heavy atom. The summed E-state index contributed by atoms with van der Waals surface area (Å²) in [6.45, 7) is 6.26. The second kappa shape index (κ2) is 9.56. The van der Waals surface area contributed by atoms with Gasteiger partial charge in [-0.25, -0.2) is 0 Å². The van der Waals surface area contributed by atoms with Gasteiger partial charge in [0.2, 0.25) is 0 Å². The number of hydrogen-bond acceptors (Lipinski definition) is 6. The molecule has 6 nitrogen and oxygen atoms in total. The van der Waals surface area contributed by atoms with E-state index in [2.05, 4.69) is 0 Å². The third kappa shape index (κ3) is 6.10. The van der Waals surface area contributed by atoms with Crippen LogP contribution in [0.1, 0.15) is 47.8 Å². The third-order valence-corrected chi connectivity index (χ3v) is 5.46. The van der Waals surface area contributed by atoms with Crippen LogP contribution in [0.3, 0.4) is 0 Å². The Labute approximate surface area is 187 Å². The molecule has 2 aromatic rings. The Hall–Kier alpha value is -2.80. The summed E-state index contributed by atoms with van der Waals surface area (Å²) in [5.41, 5.74) is 2.85. The minimum Gasteiger partial charge on any atom is -0.489 e. The van der Waals surface area contributed by atoms with Crippen LogP contribution in [-0.4, -0.2) is 46.8 Å². The molecule has 0 saturated heterocycles. The first kappa shape index (κ1) is 22.9. The zero-order valence-electron chi connectivity index (χ0n) is 18.4. The Balaban J connectivity index is 1.61. The molecule has 0 fully saturated rings. The Morgan fingerprint density at radius 3 is 2.52 bits per heavy atom. The van der Waals surface area contributed by atoms with Crippen LogP contribution in [0.5, 0.6) is 5.75 Å². The molecular formula is C24H28N2O4S. The lowest BCUT2D eigenvalue weighted by Crippen LogP contribution is -2.42. The summed E-state index contributed by atoms with van der Waals surface area (Å²) >= 11 is 1.41. The van der Waals surface area contributed by atoms with E-state index >= 15 is 0 Å². The number of hydrogen-bond donors (Lipinski definition) is 1. The number of fused-ring (bicyclic) bond motifs is 1. The first-order valence-corrected chi connectivity index (χ1v) is 11.4. The topological polar surface area (TPSA) is 79.7 Å². The minimum absolute atomic E-state index is 0.0439. The van der Waals surface area contributed by atoms with Gasteiger partial charge < -0.3 is 14.4 Å². The fourth-order valence-electron chi connectivity index (χ4n) is 3.32. The molecule has 0 atom stereocenters. The molecule has 2 aromatic carbocycles. The monoisotopic (exact) mass is 440 g/mol. The number of carbonyl (C=O) groups excluding carboxylic acids is 2. The van der Waals surface area contributed by atoms with Crippen LogP contribution >= 0.6 is 11.8 Å². The van der Waals surface area contributed by atoms with E-state index in [0.29, 0.717) is 35.9 Å². The first-order valence-electron chi connectivity index (χ1n) is 10.1. The predicted octanol–water partition coefficient (Wildman–Crippen LogP) is 4.29. The number of nitrogens with one attached hydrogen (secondary N) is 1. The number of ether oxygens (including phenoxy) is 2. The summed E-state index contributed by atoms with van der Waals surface area (Å²) in [5, 5.41) is 8.39. The highest BCUT2D eigenvalue weighted by molar-refractivity contribution is 8.13. The van der Waals surface area contributed by atoms with Crippen molar-refractivity contribution in [2.45, 2.75) is 39.4 Å². The average molecular weight is 441 g/mol. The van der Waals surface area contributed by atoms with Gasteiger partial charge in [0.1, 0.15) is 24.5 Å². The molecule has 7 heteroatoms. The third-order valence-electron chi connectivity index (χ3n) is 4.81. The van der Waals surface area contributed by atoms with Gasteiger partial charge in [-0.15, -0.1) is 11.8 Å². The van der Waals surface area contributed by atoms with Crippen molar-refractivity contribution in [2.75, 3.05) is 19.3 Å². The van der Waals surface area contributed by atoms with Crippen LogP contribution < -0.4 is 4.74 Å². The number of thioether (sulfide) groups is 1. The summed E-state index contributed by atoms with van der Waals surface area (Å²) < 4.78 is 11.2. The predicted molar refractivity (Wildman–Crippen MR) is 123 cm³/mol. The smallest absolute Gasteiger partial charge is 0.326 e. The molecule has 1 heterocycles. The SMILES string of the molecule is CSC(=N)c1ccc(COc2ccc3c(c2)CCN(CC(=O)OC(C)(C)C)C3=O)cc1. The zero-order chi connectivity index (χ0) is 22.6. The second-order valence-corrected chi connectivity index (χ2v) is 9.22. The number of esters is 1. The van der Waals surface area contributed by atoms with Crippen molar-refractivity contribution in [3.63, 3.8) is 0 Å². The largest absolute Gasteiger partial charge is 0.489 e. The summed E-state index contributed by atoms with van der Waals surface area (Å²) in [7, 11) is 0. The molecule has 0 spiro atoms. The van der Waals surface area contributed by atoms with Crippen molar-refractivity contribution >= 4 is 28.7 Å². The van der Waals surface area contributed by atoms with E-state index in [1.807, 2.05) is 57.4 Å². The molecule has 0 radical (unpaired) electrons. The molecule has 0 aromatic heterocycles. The van der Waals surface area contributed by atoms with Crippen molar-refractivity contribution < 1.29 is 19.1 Å². The number of carbonyl (C=O) groups is 2. The maximum absolute atomic E-state index is 12.8. The second-order valence-electron chi connectivity index (χ2n) is 8.40. The molecule has 3 rings (SSSR count).